The molecule has 8 heteroatoms. The van der Waals surface area contributed by atoms with Crippen molar-refractivity contribution in [3.05, 3.63) is 90.0 Å². The maximum atomic E-state index is 14.1. The van der Waals surface area contributed by atoms with Gasteiger partial charge in [-0.15, -0.1) is 0 Å². The number of carbonyl (C=O) groups excluding carboxylic acids is 1. The molecular weight excluding hydrogens is 455 g/mol. The maximum absolute atomic E-state index is 14.1. The number of pyridine rings is 1. The Morgan fingerprint density at radius 3 is 2.29 bits per heavy atom. The molecule has 0 spiro atoms. The quantitative estimate of drug-likeness (QED) is 0.483. The molecule has 2 fully saturated rings. The van der Waals surface area contributed by atoms with Crippen LogP contribution in [0.2, 0.25) is 0 Å². The molecule has 2 aliphatic carbocycles. The smallest absolute Gasteiger partial charge is 0.245 e. The molecule has 2 aromatic carbocycles. The Morgan fingerprint density at radius 1 is 1.06 bits per heavy atom. The summed E-state index contributed by atoms with van der Waals surface area (Å²) >= 11 is 0. The molecule has 5 rings (SSSR count). The van der Waals surface area contributed by atoms with Gasteiger partial charge in [0.2, 0.25) is 5.91 Å². The second-order valence-electron chi connectivity index (χ2n) is 9.08. The lowest BCUT2D eigenvalue weighted by Crippen LogP contribution is -2.46. The van der Waals surface area contributed by atoms with Gasteiger partial charge in [0.25, 0.3) is 0 Å². The first kappa shape index (κ1) is 22.5. The number of hydrogen-bond acceptors (Lipinski definition) is 5. The van der Waals surface area contributed by atoms with Crippen LogP contribution in [0.4, 0.5) is 4.39 Å². The van der Waals surface area contributed by atoms with Gasteiger partial charge in [0.1, 0.15) is 11.6 Å². The predicted octanol–water partition coefficient (Wildman–Crippen LogP) is 4.41. The van der Waals surface area contributed by atoms with E-state index in [4.69, 9.17) is 0 Å². The summed E-state index contributed by atoms with van der Waals surface area (Å²) in [7, 11) is -4.03. The first-order valence-corrected chi connectivity index (χ1v) is 12.8. The monoisotopic (exact) mass is 480 g/mol. The number of sulfone groups is 1. The van der Waals surface area contributed by atoms with Gasteiger partial charge >= 0.3 is 0 Å². The van der Waals surface area contributed by atoms with Gasteiger partial charge in [0.05, 0.1) is 23.2 Å². The number of benzene rings is 2. The second kappa shape index (κ2) is 8.51. The fraction of sp³-hybridized carbons (Fsp3) is 0.308. The number of rotatable bonds is 8. The predicted molar refractivity (Wildman–Crippen MR) is 124 cm³/mol. The summed E-state index contributed by atoms with van der Waals surface area (Å²) in [5, 5.41) is 9.77. The van der Waals surface area contributed by atoms with Crippen molar-refractivity contribution in [1.82, 2.24) is 9.88 Å². The summed E-state index contributed by atoms with van der Waals surface area (Å²) in [6, 6.07) is 16.5. The summed E-state index contributed by atoms with van der Waals surface area (Å²) in [6.45, 7) is 0.169. The third-order valence-corrected chi connectivity index (χ3v) is 9.19. The second-order valence-corrected chi connectivity index (χ2v) is 11.3. The van der Waals surface area contributed by atoms with E-state index in [2.05, 4.69) is 4.98 Å². The number of amides is 1. The van der Waals surface area contributed by atoms with Crippen molar-refractivity contribution in [2.45, 2.75) is 47.9 Å². The van der Waals surface area contributed by atoms with Crippen LogP contribution in [0.5, 0.6) is 5.75 Å². The van der Waals surface area contributed by atoms with Crippen LogP contribution in [-0.4, -0.2) is 34.1 Å². The van der Waals surface area contributed by atoms with Crippen molar-refractivity contribution >= 4 is 15.7 Å². The first-order valence-electron chi connectivity index (χ1n) is 11.3. The van der Waals surface area contributed by atoms with Crippen LogP contribution in [0.15, 0.2) is 77.8 Å². The molecule has 0 bridgehead atoms. The van der Waals surface area contributed by atoms with Gasteiger partial charge in [0.15, 0.2) is 14.6 Å². The SMILES string of the molecule is O=C(N(Cc1ccccn1)C(c1ccc(O)cc1)C1CC1)C1(S(=O)(=O)c2ccc(F)cc2)CC1. The van der Waals surface area contributed by atoms with Crippen molar-refractivity contribution in [2.75, 3.05) is 0 Å². The number of halogens is 1. The Hall–Kier alpha value is -3.26. The number of aromatic nitrogens is 1. The van der Waals surface area contributed by atoms with Crippen LogP contribution in [0, 0.1) is 11.7 Å². The number of nitrogens with zero attached hydrogens (tertiary/aromatic N) is 2. The van der Waals surface area contributed by atoms with Crippen LogP contribution in [0.25, 0.3) is 0 Å². The van der Waals surface area contributed by atoms with Gasteiger partial charge in [-0.1, -0.05) is 18.2 Å². The normalized spacial score (nSPS) is 17.7. The summed E-state index contributed by atoms with van der Waals surface area (Å²) in [5.74, 6) is -0.666. The number of aromatic hydroxyl groups is 1. The summed E-state index contributed by atoms with van der Waals surface area (Å²) < 4.78 is 39.1. The highest BCUT2D eigenvalue weighted by Gasteiger charge is 2.63. The van der Waals surface area contributed by atoms with E-state index in [0.717, 1.165) is 30.5 Å². The largest absolute Gasteiger partial charge is 0.508 e. The Balaban J connectivity index is 1.56. The average Bonchev–Trinajstić information content (AvgIpc) is 3.75. The number of hydrogen-bond donors (Lipinski definition) is 1. The molecule has 1 N–H and O–H groups in total. The zero-order valence-corrected chi connectivity index (χ0v) is 19.3. The van der Waals surface area contributed by atoms with Crippen LogP contribution >= 0.6 is 0 Å². The lowest BCUT2D eigenvalue weighted by Gasteiger charge is -2.35. The fourth-order valence-corrected chi connectivity index (χ4v) is 6.50. The lowest BCUT2D eigenvalue weighted by atomic mass is 9.99. The topological polar surface area (TPSA) is 87.6 Å². The molecule has 1 unspecified atom stereocenters. The van der Waals surface area contributed by atoms with Gasteiger partial charge < -0.3 is 10.0 Å². The maximum Gasteiger partial charge on any atom is 0.245 e. The fourth-order valence-electron chi connectivity index (χ4n) is 4.56. The van der Waals surface area contributed by atoms with E-state index in [9.17, 15) is 22.7 Å². The summed E-state index contributed by atoms with van der Waals surface area (Å²) in [4.78, 5) is 20.1. The zero-order valence-electron chi connectivity index (χ0n) is 18.5. The number of phenolic OH excluding ortho intramolecular Hbond substituents is 1. The average molecular weight is 481 g/mol. The molecule has 1 aromatic heterocycles. The van der Waals surface area contributed by atoms with Crippen molar-refractivity contribution in [3.8, 4) is 5.75 Å². The van der Waals surface area contributed by atoms with E-state index in [1.807, 2.05) is 12.1 Å². The molecule has 2 aliphatic rings. The standard InChI is InChI=1S/C26H25FN2O4S/c27-20-8-12-23(13-9-20)34(32,33)26(14-15-26)25(31)29(17-21-3-1-2-16-28-21)24(18-4-5-18)19-6-10-22(30)11-7-19/h1-3,6-13,16,18,24,30H,4-5,14-15,17H2. The highest BCUT2D eigenvalue weighted by Crippen LogP contribution is 2.52. The van der Waals surface area contributed by atoms with Crippen LogP contribution in [0.3, 0.4) is 0 Å². The van der Waals surface area contributed by atoms with E-state index < -0.39 is 26.3 Å². The number of phenols is 1. The van der Waals surface area contributed by atoms with Crippen molar-refractivity contribution in [1.29, 1.82) is 0 Å². The van der Waals surface area contributed by atoms with E-state index in [-0.39, 0.29) is 42.0 Å². The summed E-state index contributed by atoms with van der Waals surface area (Å²) in [5.41, 5.74) is 1.51. The van der Waals surface area contributed by atoms with Gasteiger partial charge in [-0.2, -0.15) is 0 Å². The van der Waals surface area contributed by atoms with Gasteiger partial charge in [-0.05, 0) is 85.7 Å². The molecule has 0 saturated heterocycles. The molecule has 6 nitrogen and oxygen atoms in total. The molecule has 176 valence electrons. The Kier molecular flexibility index (Phi) is 5.64. The molecule has 0 radical (unpaired) electrons. The Bertz CT molecular complexity index is 1290. The van der Waals surface area contributed by atoms with Gasteiger partial charge in [0, 0.05) is 6.20 Å². The van der Waals surface area contributed by atoms with Gasteiger partial charge in [-0.3, -0.25) is 9.78 Å². The third-order valence-electron chi connectivity index (χ3n) is 6.69. The molecule has 1 atom stereocenters. The van der Waals surface area contributed by atoms with E-state index in [0.29, 0.717) is 5.69 Å². The zero-order chi connectivity index (χ0) is 23.9. The van der Waals surface area contributed by atoms with E-state index in [1.54, 1.807) is 41.4 Å². The highest BCUT2D eigenvalue weighted by molar-refractivity contribution is 7.94. The Labute approximate surface area is 198 Å². The molecule has 1 amide bonds. The first-order chi connectivity index (χ1) is 16.3. The molecule has 0 aliphatic heterocycles. The Morgan fingerprint density at radius 2 is 1.74 bits per heavy atom. The molecule has 34 heavy (non-hydrogen) atoms. The molecule has 3 aromatic rings. The highest BCUT2D eigenvalue weighted by atomic mass is 32.2. The van der Waals surface area contributed by atoms with Crippen molar-refractivity contribution in [2.24, 2.45) is 5.92 Å². The summed E-state index contributed by atoms with van der Waals surface area (Å²) in [6.07, 6.45) is 3.94. The third kappa shape index (κ3) is 4.07. The minimum absolute atomic E-state index is 0.0508. The molecular formula is C26H25FN2O4S. The van der Waals surface area contributed by atoms with E-state index in [1.165, 1.54) is 12.1 Å². The minimum Gasteiger partial charge on any atom is -0.508 e. The van der Waals surface area contributed by atoms with Gasteiger partial charge in [-0.25, -0.2) is 12.8 Å². The lowest BCUT2D eigenvalue weighted by molar-refractivity contribution is -0.135. The number of carbonyl (C=O) groups is 1. The van der Waals surface area contributed by atoms with Crippen molar-refractivity contribution in [3.63, 3.8) is 0 Å². The minimum atomic E-state index is -4.03. The van der Waals surface area contributed by atoms with Crippen LogP contribution in [-0.2, 0) is 21.2 Å². The molecule has 1 heterocycles. The van der Waals surface area contributed by atoms with Crippen LogP contribution in [0.1, 0.15) is 43.0 Å². The van der Waals surface area contributed by atoms with Crippen LogP contribution < -0.4 is 0 Å². The van der Waals surface area contributed by atoms with E-state index >= 15 is 0 Å². The van der Waals surface area contributed by atoms with Crippen molar-refractivity contribution < 1.29 is 22.7 Å². The molecule has 2 saturated carbocycles.